The Hall–Kier alpha value is -0.260. The average Bonchev–Trinajstić information content (AvgIpc) is 2.40. The topological polar surface area (TPSA) is 0 Å². The summed E-state index contributed by atoms with van der Waals surface area (Å²) in [5.41, 5.74) is 0. The maximum absolute atomic E-state index is 2.58. The normalized spacial score (nSPS) is 32.1. The molecule has 0 heteroatoms. The van der Waals surface area contributed by atoms with Gasteiger partial charge in [0.05, 0.1) is 0 Å². The third-order valence-electron chi connectivity index (χ3n) is 4.89. The van der Waals surface area contributed by atoms with Crippen molar-refractivity contribution in [3.63, 3.8) is 0 Å². The second kappa shape index (κ2) is 7.24. The van der Waals surface area contributed by atoms with Gasteiger partial charge in [0.15, 0.2) is 0 Å². The molecule has 0 aromatic heterocycles. The number of hydrogen-bond donors (Lipinski definition) is 0. The summed E-state index contributed by atoms with van der Waals surface area (Å²) in [6, 6.07) is 0. The van der Waals surface area contributed by atoms with E-state index in [-0.39, 0.29) is 0 Å². The largest absolute Gasteiger partial charge is 0.0851 e. The zero-order valence-corrected chi connectivity index (χ0v) is 11.7. The lowest BCUT2D eigenvalue weighted by atomic mass is 9.79. The molecule has 0 N–H and O–H groups in total. The first-order valence-electron chi connectivity index (χ1n) is 8.06. The summed E-state index contributed by atoms with van der Waals surface area (Å²) in [6.07, 6.45) is 21.3. The Morgan fingerprint density at radius 1 is 0.765 bits per heavy atom. The Kier molecular flexibility index (Phi) is 5.61. The molecule has 2 aliphatic carbocycles. The van der Waals surface area contributed by atoms with E-state index >= 15 is 0 Å². The van der Waals surface area contributed by atoms with Crippen LogP contribution in [0, 0.1) is 17.8 Å². The minimum absolute atomic E-state index is 0.921. The fourth-order valence-electron chi connectivity index (χ4n) is 3.72. The first kappa shape index (κ1) is 13.2. The van der Waals surface area contributed by atoms with Crippen LogP contribution in [0.25, 0.3) is 0 Å². The predicted molar refractivity (Wildman–Crippen MR) is 76.1 cm³/mol. The van der Waals surface area contributed by atoms with Gasteiger partial charge in [-0.3, -0.25) is 0 Å². The molecule has 0 bridgehead atoms. The Bertz CT molecular complexity index is 214. The summed E-state index contributed by atoms with van der Waals surface area (Å²) in [6.45, 7) is 2.33. The molecular weight excluding hydrogens is 204 g/mol. The molecule has 0 aliphatic heterocycles. The average molecular weight is 234 g/mol. The third kappa shape index (κ3) is 4.48. The van der Waals surface area contributed by atoms with E-state index in [1.807, 2.05) is 0 Å². The van der Waals surface area contributed by atoms with E-state index in [0.29, 0.717) is 0 Å². The molecule has 0 spiro atoms. The van der Waals surface area contributed by atoms with Crippen LogP contribution in [0.5, 0.6) is 0 Å². The summed E-state index contributed by atoms with van der Waals surface area (Å²) < 4.78 is 0. The van der Waals surface area contributed by atoms with Crippen molar-refractivity contribution < 1.29 is 0 Å². The van der Waals surface area contributed by atoms with Gasteiger partial charge >= 0.3 is 0 Å². The van der Waals surface area contributed by atoms with Crippen molar-refractivity contribution >= 4 is 0 Å². The van der Waals surface area contributed by atoms with Gasteiger partial charge in [-0.25, -0.2) is 0 Å². The molecule has 2 rings (SSSR count). The summed E-state index contributed by atoms with van der Waals surface area (Å²) in [4.78, 5) is 0. The Morgan fingerprint density at radius 3 is 1.94 bits per heavy atom. The van der Waals surface area contributed by atoms with Crippen LogP contribution in [0.1, 0.15) is 77.6 Å². The van der Waals surface area contributed by atoms with Crippen LogP contribution in [-0.2, 0) is 0 Å². The van der Waals surface area contributed by atoms with Gasteiger partial charge < -0.3 is 0 Å². The first-order valence-corrected chi connectivity index (χ1v) is 8.06. The number of rotatable bonds is 4. The molecule has 98 valence electrons. The lowest BCUT2D eigenvalue weighted by molar-refractivity contribution is 0.293. The smallest absolute Gasteiger partial charge is 0.0233 e. The molecule has 2 aliphatic rings. The van der Waals surface area contributed by atoms with Crippen molar-refractivity contribution in [2.75, 3.05) is 0 Å². The van der Waals surface area contributed by atoms with Gasteiger partial charge in [0.1, 0.15) is 0 Å². The monoisotopic (exact) mass is 234 g/mol. The van der Waals surface area contributed by atoms with Crippen molar-refractivity contribution in [2.45, 2.75) is 77.6 Å². The van der Waals surface area contributed by atoms with Gasteiger partial charge in [-0.2, -0.15) is 0 Å². The molecule has 0 radical (unpaired) electrons. The fourth-order valence-corrected chi connectivity index (χ4v) is 3.72. The third-order valence-corrected chi connectivity index (χ3v) is 4.89. The van der Waals surface area contributed by atoms with Crippen molar-refractivity contribution in [3.8, 4) is 0 Å². The molecule has 2 saturated carbocycles. The standard InChI is InChI=1S/C17H30/c1-2-6-15-9-12-17(13-10-15)14-11-16-7-4-3-5-8-16/h11,14-17H,2-10,12-13H2,1H3/b14-11+. The molecular formula is C17H30. The Morgan fingerprint density at radius 2 is 1.35 bits per heavy atom. The highest BCUT2D eigenvalue weighted by Crippen LogP contribution is 2.33. The quantitative estimate of drug-likeness (QED) is 0.545. The molecule has 0 unspecified atom stereocenters. The van der Waals surface area contributed by atoms with E-state index in [9.17, 15) is 0 Å². The number of allylic oxidation sites excluding steroid dienone is 2. The van der Waals surface area contributed by atoms with E-state index < -0.39 is 0 Å². The summed E-state index contributed by atoms with van der Waals surface area (Å²) >= 11 is 0. The summed E-state index contributed by atoms with van der Waals surface area (Å²) in [5.74, 6) is 2.90. The van der Waals surface area contributed by atoms with Gasteiger partial charge in [0.2, 0.25) is 0 Å². The van der Waals surface area contributed by atoms with Gasteiger partial charge in [-0.05, 0) is 56.3 Å². The highest BCUT2D eigenvalue weighted by atomic mass is 14.2. The van der Waals surface area contributed by atoms with Gasteiger partial charge in [0.25, 0.3) is 0 Å². The maximum atomic E-state index is 2.58. The van der Waals surface area contributed by atoms with Crippen LogP contribution in [0.4, 0.5) is 0 Å². The number of hydrogen-bond acceptors (Lipinski definition) is 0. The highest BCUT2D eigenvalue weighted by Gasteiger charge is 2.19. The Labute approximate surface area is 108 Å². The van der Waals surface area contributed by atoms with E-state index in [2.05, 4.69) is 19.1 Å². The molecule has 17 heavy (non-hydrogen) atoms. The van der Waals surface area contributed by atoms with E-state index in [0.717, 1.165) is 17.8 Å². The van der Waals surface area contributed by atoms with E-state index in [1.165, 1.54) is 70.6 Å². The van der Waals surface area contributed by atoms with Gasteiger partial charge in [-0.15, -0.1) is 0 Å². The molecule has 0 saturated heterocycles. The van der Waals surface area contributed by atoms with Crippen molar-refractivity contribution in [2.24, 2.45) is 17.8 Å². The predicted octanol–water partition coefficient (Wildman–Crippen LogP) is 5.73. The Balaban J connectivity index is 1.68. The SMILES string of the molecule is CCCC1CCC(/C=C/C2CCCCC2)CC1. The van der Waals surface area contributed by atoms with Crippen molar-refractivity contribution in [3.05, 3.63) is 12.2 Å². The highest BCUT2D eigenvalue weighted by molar-refractivity contribution is 4.95. The first-order chi connectivity index (χ1) is 8.38. The van der Waals surface area contributed by atoms with Crippen LogP contribution in [0.15, 0.2) is 12.2 Å². The fraction of sp³-hybridized carbons (Fsp3) is 0.882. The van der Waals surface area contributed by atoms with E-state index in [1.54, 1.807) is 0 Å². The van der Waals surface area contributed by atoms with Crippen LogP contribution < -0.4 is 0 Å². The second-order valence-electron chi connectivity index (χ2n) is 6.35. The zero-order chi connectivity index (χ0) is 11.9. The van der Waals surface area contributed by atoms with E-state index in [4.69, 9.17) is 0 Å². The van der Waals surface area contributed by atoms with Crippen molar-refractivity contribution in [1.29, 1.82) is 0 Å². The van der Waals surface area contributed by atoms with Gasteiger partial charge in [0, 0.05) is 0 Å². The molecule has 0 amide bonds. The minimum atomic E-state index is 0.921. The van der Waals surface area contributed by atoms with Crippen LogP contribution in [0.2, 0.25) is 0 Å². The van der Waals surface area contributed by atoms with Crippen LogP contribution in [-0.4, -0.2) is 0 Å². The van der Waals surface area contributed by atoms with Crippen molar-refractivity contribution in [1.82, 2.24) is 0 Å². The van der Waals surface area contributed by atoms with Gasteiger partial charge in [-0.1, -0.05) is 51.2 Å². The second-order valence-corrected chi connectivity index (χ2v) is 6.35. The lowest BCUT2D eigenvalue weighted by Crippen LogP contribution is -2.13. The molecule has 0 aromatic rings. The summed E-state index contributed by atoms with van der Waals surface area (Å²) in [5, 5.41) is 0. The zero-order valence-electron chi connectivity index (χ0n) is 11.7. The maximum Gasteiger partial charge on any atom is -0.0233 e. The minimum Gasteiger partial charge on any atom is -0.0851 e. The van der Waals surface area contributed by atoms with Crippen LogP contribution >= 0.6 is 0 Å². The molecule has 0 atom stereocenters. The molecule has 0 heterocycles. The lowest BCUT2D eigenvalue weighted by Gasteiger charge is -2.27. The summed E-state index contributed by atoms with van der Waals surface area (Å²) in [7, 11) is 0. The molecule has 0 aromatic carbocycles. The molecule has 0 nitrogen and oxygen atoms in total. The van der Waals surface area contributed by atoms with Crippen LogP contribution in [0.3, 0.4) is 0 Å². The molecule has 2 fully saturated rings.